The quantitative estimate of drug-likeness (QED) is 0.565. The van der Waals surface area contributed by atoms with Crippen molar-refractivity contribution in [2.45, 2.75) is 12.8 Å². The minimum Gasteiger partial charge on any atom is -0.478 e. The van der Waals surface area contributed by atoms with E-state index < -0.39 is 5.97 Å². The van der Waals surface area contributed by atoms with E-state index >= 15 is 0 Å². The molecule has 0 aliphatic rings. The van der Waals surface area contributed by atoms with Crippen molar-refractivity contribution in [2.75, 3.05) is 20.3 Å². The van der Waals surface area contributed by atoms with Gasteiger partial charge in [0, 0.05) is 36.6 Å². The lowest BCUT2D eigenvalue weighted by Crippen LogP contribution is -2.24. The van der Waals surface area contributed by atoms with E-state index in [1.54, 1.807) is 18.6 Å². The van der Waals surface area contributed by atoms with Crippen LogP contribution in [0.4, 0.5) is 0 Å². The predicted molar refractivity (Wildman–Crippen MR) is 74.4 cm³/mol. The van der Waals surface area contributed by atoms with Crippen molar-refractivity contribution >= 4 is 29.3 Å². The molecule has 1 aromatic heterocycles. The van der Waals surface area contributed by atoms with Gasteiger partial charge in [0.2, 0.25) is 0 Å². The second kappa shape index (κ2) is 8.44. The molecule has 0 aliphatic carbocycles. The molecule has 0 aromatic carbocycles. The summed E-state index contributed by atoms with van der Waals surface area (Å²) in [4.78, 5) is 22.9. The highest BCUT2D eigenvalue weighted by molar-refractivity contribution is 7.11. The molecule has 19 heavy (non-hydrogen) atoms. The van der Waals surface area contributed by atoms with Crippen molar-refractivity contribution in [1.29, 1.82) is 0 Å². The van der Waals surface area contributed by atoms with Crippen LogP contribution in [0.5, 0.6) is 0 Å². The van der Waals surface area contributed by atoms with Crippen molar-refractivity contribution < 1.29 is 19.4 Å². The molecule has 1 aromatic rings. The maximum absolute atomic E-state index is 11.8. The van der Waals surface area contributed by atoms with E-state index in [1.165, 1.54) is 17.4 Å². The molecule has 5 nitrogen and oxygen atoms in total. The Morgan fingerprint density at radius 2 is 2.26 bits per heavy atom. The van der Waals surface area contributed by atoms with E-state index in [0.717, 1.165) is 23.8 Å². The SMILES string of the molecule is COCCCCNC(=O)c1csc(C=CC(=O)O)c1. The molecule has 1 amide bonds. The van der Waals surface area contributed by atoms with E-state index in [2.05, 4.69) is 5.32 Å². The fourth-order valence-electron chi connectivity index (χ4n) is 1.39. The van der Waals surface area contributed by atoms with Crippen molar-refractivity contribution in [3.63, 3.8) is 0 Å². The number of carboxylic acids is 1. The average molecular weight is 283 g/mol. The number of rotatable bonds is 8. The number of hydrogen-bond donors (Lipinski definition) is 2. The number of hydrogen-bond acceptors (Lipinski definition) is 4. The highest BCUT2D eigenvalue weighted by Gasteiger charge is 2.06. The lowest BCUT2D eigenvalue weighted by molar-refractivity contribution is -0.131. The van der Waals surface area contributed by atoms with Gasteiger partial charge in [-0.3, -0.25) is 4.79 Å². The summed E-state index contributed by atoms with van der Waals surface area (Å²) in [6, 6.07) is 1.68. The normalized spacial score (nSPS) is 10.8. The Bertz CT molecular complexity index is 453. The fraction of sp³-hybridized carbons (Fsp3) is 0.385. The number of amides is 1. The van der Waals surface area contributed by atoms with Crippen LogP contribution in [0, 0.1) is 0 Å². The first kappa shape index (κ1) is 15.4. The van der Waals surface area contributed by atoms with Crippen LogP contribution in [0.1, 0.15) is 28.1 Å². The maximum atomic E-state index is 11.8. The first-order valence-corrected chi connectivity index (χ1v) is 6.78. The van der Waals surface area contributed by atoms with Crippen LogP contribution in [-0.4, -0.2) is 37.2 Å². The third kappa shape index (κ3) is 6.17. The lowest BCUT2D eigenvalue weighted by atomic mass is 10.2. The van der Waals surface area contributed by atoms with E-state index in [0.29, 0.717) is 18.7 Å². The molecule has 0 spiro atoms. The summed E-state index contributed by atoms with van der Waals surface area (Å²) >= 11 is 1.34. The number of thiophene rings is 1. The molecule has 0 saturated heterocycles. The first-order valence-electron chi connectivity index (χ1n) is 5.90. The van der Waals surface area contributed by atoms with E-state index in [1.807, 2.05) is 0 Å². The van der Waals surface area contributed by atoms with Crippen LogP contribution in [0.15, 0.2) is 17.5 Å². The van der Waals surface area contributed by atoms with Gasteiger partial charge in [0.15, 0.2) is 0 Å². The Morgan fingerprint density at radius 3 is 2.95 bits per heavy atom. The van der Waals surface area contributed by atoms with Crippen LogP contribution in [-0.2, 0) is 9.53 Å². The van der Waals surface area contributed by atoms with Crippen LogP contribution >= 0.6 is 11.3 Å². The number of carbonyl (C=O) groups excluding carboxylic acids is 1. The number of methoxy groups -OCH3 is 1. The monoisotopic (exact) mass is 283 g/mol. The summed E-state index contributed by atoms with van der Waals surface area (Å²) in [5, 5.41) is 13.0. The van der Waals surface area contributed by atoms with Gasteiger partial charge in [-0.05, 0) is 25.0 Å². The summed E-state index contributed by atoms with van der Waals surface area (Å²) in [7, 11) is 1.65. The van der Waals surface area contributed by atoms with E-state index in [-0.39, 0.29) is 5.91 Å². The van der Waals surface area contributed by atoms with Crippen molar-refractivity contribution in [3.05, 3.63) is 28.0 Å². The number of aliphatic carboxylic acids is 1. The average Bonchev–Trinajstić information content (AvgIpc) is 2.84. The number of ether oxygens (including phenoxy) is 1. The maximum Gasteiger partial charge on any atom is 0.328 e. The van der Waals surface area contributed by atoms with Gasteiger partial charge in [-0.15, -0.1) is 11.3 Å². The van der Waals surface area contributed by atoms with Gasteiger partial charge in [-0.25, -0.2) is 4.79 Å². The zero-order valence-corrected chi connectivity index (χ0v) is 11.5. The van der Waals surface area contributed by atoms with Crippen LogP contribution in [0.3, 0.4) is 0 Å². The van der Waals surface area contributed by atoms with Crippen molar-refractivity contribution in [3.8, 4) is 0 Å². The van der Waals surface area contributed by atoms with Gasteiger partial charge in [-0.1, -0.05) is 0 Å². The minimum absolute atomic E-state index is 0.136. The summed E-state index contributed by atoms with van der Waals surface area (Å²) < 4.78 is 4.92. The highest BCUT2D eigenvalue weighted by atomic mass is 32.1. The Labute approximate surface area is 115 Å². The molecular formula is C13H17NO4S. The molecule has 2 N–H and O–H groups in total. The number of unbranched alkanes of at least 4 members (excludes halogenated alkanes) is 1. The van der Waals surface area contributed by atoms with E-state index in [4.69, 9.17) is 9.84 Å². The van der Waals surface area contributed by atoms with Crippen molar-refractivity contribution in [1.82, 2.24) is 5.32 Å². The Kier molecular flexibility index (Phi) is 6.84. The zero-order valence-electron chi connectivity index (χ0n) is 10.7. The molecular weight excluding hydrogens is 266 g/mol. The minimum atomic E-state index is -1.00. The van der Waals surface area contributed by atoms with E-state index in [9.17, 15) is 9.59 Å². The molecule has 1 heterocycles. The molecule has 0 radical (unpaired) electrons. The Hall–Kier alpha value is -1.66. The van der Waals surface area contributed by atoms with Gasteiger partial charge in [0.25, 0.3) is 5.91 Å². The molecule has 6 heteroatoms. The van der Waals surface area contributed by atoms with Gasteiger partial charge in [0.1, 0.15) is 0 Å². The molecule has 0 bridgehead atoms. The second-order valence-corrected chi connectivity index (χ2v) is 4.81. The number of nitrogens with one attached hydrogen (secondary N) is 1. The largest absolute Gasteiger partial charge is 0.478 e. The second-order valence-electron chi connectivity index (χ2n) is 3.87. The standard InChI is InChI=1S/C13H17NO4S/c1-18-7-3-2-6-14-13(17)10-8-11(19-9-10)4-5-12(15)16/h4-5,8-9H,2-3,6-7H2,1H3,(H,14,17)(H,15,16). The fourth-order valence-corrected chi connectivity index (χ4v) is 2.17. The summed E-state index contributed by atoms with van der Waals surface area (Å²) in [5.74, 6) is -1.14. The molecule has 1 rings (SSSR count). The summed E-state index contributed by atoms with van der Waals surface area (Å²) in [5.41, 5.74) is 0.557. The predicted octanol–water partition coefficient (Wildman–Crippen LogP) is 2.00. The number of carboxylic acid groups (broad SMARTS) is 1. The highest BCUT2D eigenvalue weighted by Crippen LogP contribution is 2.16. The summed E-state index contributed by atoms with van der Waals surface area (Å²) in [6.45, 7) is 1.30. The molecule has 0 unspecified atom stereocenters. The van der Waals surface area contributed by atoms with Gasteiger partial charge < -0.3 is 15.2 Å². The van der Waals surface area contributed by atoms with Crippen LogP contribution in [0.2, 0.25) is 0 Å². The molecule has 0 fully saturated rings. The number of carbonyl (C=O) groups is 2. The Balaban J connectivity index is 2.38. The van der Waals surface area contributed by atoms with Gasteiger partial charge >= 0.3 is 5.97 Å². The van der Waals surface area contributed by atoms with Gasteiger partial charge in [-0.2, -0.15) is 0 Å². The van der Waals surface area contributed by atoms with Crippen LogP contribution in [0.25, 0.3) is 6.08 Å². The molecule has 0 saturated carbocycles. The third-order valence-electron chi connectivity index (χ3n) is 2.33. The van der Waals surface area contributed by atoms with Gasteiger partial charge in [0.05, 0.1) is 5.56 Å². The molecule has 0 atom stereocenters. The molecule has 104 valence electrons. The zero-order chi connectivity index (χ0) is 14.1. The topological polar surface area (TPSA) is 75.6 Å². The molecule has 0 aliphatic heterocycles. The Morgan fingerprint density at radius 1 is 1.47 bits per heavy atom. The third-order valence-corrected chi connectivity index (χ3v) is 3.23. The summed E-state index contributed by atoms with van der Waals surface area (Å²) in [6.07, 6.45) is 4.31. The lowest BCUT2D eigenvalue weighted by Gasteiger charge is -2.02. The first-order chi connectivity index (χ1) is 9.13. The van der Waals surface area contributed by atoms with Crippen molar-refractivity contribution in [2.24, 2.45) is 0 Å². The van der Waals surface area contributed by atoms with Crippen LogP contribution < -0.4 is 5.32 Å². The smallest absolute Gasteiger partial charge is 0.328 e.